The summed E-state index contributed by atoms with van der Waals surface area (Å²) in [7, 11) is 0. The molecule has 1 unspecified atom stereocenters. The lowest BCUT2D eigenvalue weighted by molar-refractivity contribution is 0.0769. The maximum absolute atomic E-state index is 12.2. The first-order chi connectivity index (χ1) is 8.01. The van der Waals surface area contributed by atoms with Gasteiger partial charge in [-0.2, -0.15) is 0 Å². The van der Waals surface area contributed by atoms with Gasteiger partial charge in [0, 0.05) is 13.1 Å². The van der Waals surface area contributed by atoms with Gasteiger partial charge in [0.05, 0.1) is 16.9 Å². The van der Waals surface area contributed by atoms with Crippen LogP contribution in [-0.4, -0.2) is 28.4 Å². The fourth-order valence-electron chi connectivity index (χ4n) is 1.67. The summed E-state index contributed by atoms with van der Waals surface area (Å²) in [5.41, 5.74) is 1.39. The highest BCUT2D eigenvalue weighted by molar-refractivity contribution is 7.89. The second-order valence-electron chi connectivity index (χ2n) is 3.77. The second-order valence-corrected chi connectivity index (χ2v) is 4.81. The van der Waals surface area contributed by atoms with Crippen molar-refractivity contribution in [2.24, 2.45) is 5.14 Å². The molecule has 94 valence electrons. The summed E-state index contributed by atoms with van der Waals surface area (Å²) in [6.07, 6.45) is 0. The van der Waals surface area contributed by atoms with Gasteiger partial charge in [0.15, 0.2) is 4.90 Å². The number of carbonyl (C=O) groups is 1. The first-order valence-electron chi connectivity index (χ1n) is 5.57. The summed E-state index contributed by atoms with van der Waals surface area (Å²) in [5, 5.41) is 5.39. The van der Waals surface area contributed by atoms with E-state index in [0.717, 1.165) is 5.56 Å². The molecule has 5 heteroatoms. The zero-order valence-corrected chi connectivity index (χ0v) is 11.2. The van der Waals surface area contributed by atoms with Gasteiger partial charge in [-0.15, -0.1) is 5.14 Å². The molecule has 0 heterocycles. The Hall–Kier alpha value is -1.04. The van der Waals surface area contributed by atoms with E-state index in [1.807, 2.05) is 20.8 Å². The van der Waals surface area contributed by atoms with E-state index in [4.69, 9.17) is 5.14 Å². The molecule has 1 amide bonds. The van der Waals surface area contributed by atoms with Gasteiger partial charge >= 0.3 is 0 Å². The predicted octanol–water partition coefficient (Wildman–Crippen LogP) is 1.46. The van der Waals surface area contributed by atoms with Gasteiger partial charge in [-0.3, -0.25) is 4.79 Å². The number of nitrogens with two attached hydrogens (primary N) is 1. The Kier molecular flexibility index (Phi) is 4.99. The van der Waals surface area contributed by atoms with Crippen LogP contribution in [0.4, 0.5) is 0 Å². The minimum absolute atomic E-state index is 0.118. The largest absolute Gasteiger partial charge is 0.593 e. The molecule has 0 saturated carbocycles. The monoisotopic (exact) mass is 254 g/mol. The second kappa shape index (κ2) is 6.05. The molecule has 0 aliphatic heterocycles. The van der Waals surface area contributed by atoms with E-state index in [1.54, 1.807) is 23.1 Å². The summed E-state index contributed by atoms with van der Waals surface area (Å²) >= 11 is -1.64. The number of hydrogen-bond acceptors (Lipinski definition) is 3. The van der Waals surface area contributed by atoms with E-state index in [1.165, 1.54) is 0 Å². The minimum Gasteiger partial charge on any atom is -0.593 e. The van der Waals surface area contributed by atoms with Crippen molar-refractivity contribution >= 4 is 17.3 Å². The summed E-state index contributed by atoms with van der Waals surface area (Å²) in [6, 6.07) is 5.20. The number of nitrogens with zero attached hydrogens (tertiary/aromatic N) is 1. The quantitative estimate of drug-likeness (QED) is 0.827. The topological polar surface area (TPSA) is 69.4 Å². The molecular formula is C12H18N2O2S. The maximum atomic E-state index is 12.2. The number of benzene rings is 1. The summed E-state index contributed by atoms with van der Waals surface area (Å²) in [5.74, 6) is -0.118. The van der Waals surface area contributed by atoms with Gasteiger partial charge < -0.3 is 9.45 Å². The fraction of sp³-hybridized carbons (Fsp3) is 0.417. The molecule has 0 aliphatic carbocycles. The van der Waals surface area contributed by atoms with E-state index < -0.39 is 11.4 Å². The molecule has 1 aromatic rings. The van der Waals surface area contributed by atoms with Gasteiger partial charge in [-0.1, -0.05) is 6.07 Å². The predicted molar refractivity (Wildman–Crippen MR) is 69.0 cm³/mol. The highest BCUT2D eigenvalue weighted by atomic mass is 32.2. The summed E-state index contributed by atoms with van der Waals surface area (Å²) in [4.78, 5) is 14.3. The van der Waals surface area contributed by atoms with Gasteiger partial charge in [0.25, 0.3) is 5.91 Å². The zero-order valence-electron chi connectivity index (χ0n) is 10.4. The zero-order chi connectivity index (χ0) is 13.0. The molecule has 0 saturated heterocycles. The Morgan fingerprint density at radius 3 is 2.47 bits per heavy atom. The normalized spacial score (nSPS) is 12.3. The third kappa shape index (κ3) is 3.21. The van der Waals surface area contributed by atoms with E-state index in [-0.39, 0.29) is 5.91 Å². The van der Waals surface area contributed by atoms with Gasteiger partial charge in [0.2, 0.25) is 0 Å². The van der Waals surface area contributed by atoms with E-state index in [0.29, 0.717) is 23.5 Å². The molecule has 0 fully saturated rings. The number of amides is 1. The van der Waals surface area contributed by atoms with Gasteiger partial charge in [-0.25, -0.2) is 0 Å². The lowest BCUT2D eigenvalue weighted by Crippen LogP contribution is -2.32. The summed E-state index contributed by atoms with van der Waals surface area (Å²) < 4.78 is 11.4. The Morgan fingerprint density at radius 1 is 1.41 bits per heavy atom. The first kappa shape index (κ1) is 14.0. The number of rotatable bonds is 4. The van der Waals surface area contributed by atoms with Gasteiger partial charge in [-0.05, 0) is 38.5 Å². The van der Waals surface area contributed by atoms with Crippen LogP contribution < -0.4 is 5.14 Å². The van der Waals surface area contributed by atoms with E-state index in [9.17, 15) is 9.35 Å². The first-order valence-corrected chi connectivity index (χ1v) is 6.78. The average molecular weight is 254 g/mol. The Bertz CT molecular complexity index is 403. The molecule has 0 bridgehead atoms. The number of hydrogen-bond donors (Lipinski definition) is 1. The molecular weight excluding hydrogens is 236 g/mol. The lowest BCUT2D eigenvalue weighted by Gasteiger charge is -2.20. The number of aryl methyl sites for hydroxylation is 1. The molecule has 1 rings (SSSR count). The molecule has 2 N–H and O–H groups in total. The van der Waals surface area contributed by atoms with Crippen LogP contribution in [0.25, 0.3) is 0 Å². The molecule has 17 heavy (non-hydrogen) atoms. The van der Waals surface area contributed by atoms with Crippen molar-refractivity contribution in [1.29, 1.82) is 0 Å². The van der Waals surface area contributed by atoms with Crippen LogP contribution in [0.2, 0.25) is 0 Å². The third-order valence-electron chi connectivity index (χ3n) is 2.63. The molecule has 4 nitrogen and oxygen atoms in total. The fourth-order valence-corrected chi connectivity index (χ4v) is 2.23. The minimum atomic E-state index is -1.64. The van der Waals surface area contributed by atoms with Crippen molar-refractivity contribution in [3.05, 3.63) is 29.3 Å². The van der Waals surface area contributed by atoms with E-state index in [2.05, 4.69) is 0 Å². The van der Waals surface area contributed by atoms with Crippen molar-refractivity contribution in [1.82, 2.24) is 4.90 Å². The maximum Gasteiger partial charge on any atom is 0.259 e. The van der Waals surface area contributed by atoms with Crippen molar-refractivity contribution in [2.75, 3.05) is 13.1 Å². The third-order valence-corrected chi connectivity index (χ3v) is 3.42. The van der Waals surface area contributed by atoms with Crippen LogP contribution in [-0.2, 0) is 11.4 Å². The standard InChI is InChI=1S/C12H18N2O2S/c1-4-14(5-2)12(15)10-8-9(3)6-7-11(10)17(13)16/h6-8H,4-5,13H2,1-3H3. The molecule has 0 aromatic heterocycles. The highest BCUT2D eigenvalue weighted by Crippen LogP contribution is 2.18. The summed E-state index contributed by atoms with van der Waals surface area (Å²) in [6.45, 7) is 6.97. The van der Waals surface area contributed by atoms with Crippen molar-refractivity contribution in [3.63, 3.8) is 0 Å². The van der Waals surface area contributed by atoms with Crippen LogP contribution in [0.5, 0.6) is 0 Å². The van der Waals surface area contributed by atoms with Crippen LogP contribution in [0.1, 0.15) is 29.8 Å². The van der Waals surface area contributed by atoms with Crippen molar-refractivity contribution in [3.8, 4) is 0 Å². The van der Waals surface area contributed by atoms with Crippen molar-refractivity contribution < 1.29 is 9.35 Å². The molecule has 0 spiro atoms. The molecule has 1 atom stereocenters. The Balaban J connectivity index is 3.19. The molecule has 1 aromatic carbocycles. The lowest BCUT2D eigenvalue weighted by atomic mass is 10.1. The van der Waals surface area contributed by atoms with Crippen LogP contribution in [0, 0.1) is 6.92 Å². The smallest absolute Gasteiger partial charge is 0.259 e. The Morgan fingerprint density at radius 2 is 2.00 bits per heavy atom. The molecule has 0 radical (unpaired) electrons. The Labute approximate surface area is 105 Å². The van der Waals surface area contributed by atoms with E-state index >= 15 is 0 Å². The molecule has 0 aliphatic rings. The SMILES string of the molecule is CCN(CC)C(=O)c1cc(C)ccc1[S+](N)[O-]. The van der Waals surface area contributed by atoms with Crippen LogP contribution >= 0.6 is 0 Å². The van der Waals surface area contributed by atoms with Gasteiger partial charge in [0.1, 0.15) is 0 Å². The average Bonchev–Trinajstić information content (AvgIpc) is 2.29. The van der Waals surface area contributed by atoms with Crippen LogP contribution in [0.15, 0.2) is 23.1 Å². The van der Waals surface area contributed by atoms with Crippen molar-refractivity contribution in [2.45, 2.75) is 25.7 Å². The number of carbonyl (C=O) groups excluding carboxylic acids is 1. The highest BCUT2D eigenvalue weighted by Gasteiger charge is 2.22. The van der Waals surface area contributed by atoms with Crippen LogP contribution in [0.3, 0.4) is 0 Å².